The molecule has 1 spiro atoms. The molecule has 0 bridgehead atoms. The molecule has 1 heterocycles. The summed E-state index contributed by atoms with van der Waals surface area (Å²) in [4.78, 5) is 4.91. The Kier molecular flexibility index (Phi) is 4.65. The van der Waals surface area contributed by atoms with Gasteiger partial charge in [-0.15, -0.1) is 0 Å². The zero-order valence-corrected chi connectivity index (χ0v) is 15.1. The van der Waals surface area contributed by atoms with E-state index in [1.165, 1.54) is 37.0 Å². The zero-order chi connectivity index (χ0) is 14.9. The van der Waals surface area contributed by atoms with Crippen molar-refractivity contribution in [3.63, 3.8) is 0 Å². The lowest BCUT2D eigenvalue weighted by Crippen LogP contribution is -2.47. The van der Waals surface area contributed by atoms with E-state index in [-0.39, 0.29) is 6.04 Å². The molecule has 1 saturated heterocycles. The van der Waals surface area contributed by atoms with E-state index in [2.05, 4.69) is 59.4 Å². The van der Waals surface area contributed by atoms with Crippen LogP contribution in [-0.2, 0) is 0 Å². The molecule has 1 aliphatic heterocycles. The van der Waals surface area contributed by atoms with Crippen LogP contribution in [0.25, 0.3) is 0 Å². The van der Waals surface area contributed by atoms with E-state index in [1.54, 1.807) is 0 Å². The fourth-order valence-corrected chi connectivity index (χ4v) is 5.18. The van der Waals surface area contributed by atoms with Crippen molar-refractivity contribution in [1.29, 1.82) is 0 Å². The molecular weight excluding hydrogens is 344 g/mol. The molecule has 1 aliphatic carbocycles. The summed E-state index contributed by atoms with van der Waals surface area (Å²) in [5.74, 6) is 2.02. The highest BCUT2D eigenvalue weighted by Gasteiger charge is 2.40. The summed E-state index contributed by atoms with van der Waals surface area (Å²) in [7, 11) is 0. The summed E-state index contributed by atoms with van der Waals surface area (Å²) in [6, 6.07) is 8.65. The summed E-state index contributed by atoms with van der Waals surface area (Å²) in [5, 5.41) is 4.89. The quantitative estimate of drug-likeness (QED) is 0.782. The summed E-state index contributed by atoms with van der Waals surface area (Å²) in [6.45, 7) is 4.55. The van der Waals surface area contributed by atoms with Crippen molar-refractivity contribution >= 4 is 32.9 Å². The van der Waals surface area contributed by atoms with Crippen molar-refractivity contribution in [2.45, 2.75) is 51.1 Å². The Balaban J connectivity index is 1.70. The number of aliphatic imine (C=N–C) groups is 1. The lowest BCUT2D eigenvalue weighted by molar-refractivity contribution is 0.242. The molecule has 114 valence electrons. The van der Waals surface area contributed by atoms with E-state index in [0.29, 0.717) is 5.54 Å². The first-order valence-electron chi connectivity index (χ1n) is 7.81. The Labute approximate surface area is 140 Å². The summed E-state index contributed by atoms with van der Waals surface area (Å²) in [5.41, 5.74) is 1.58. The molecule has 0 radical (unpaired) electrons. The average molecular weight is 367 g/mol. The molecule has 2 fully saturated rings. The first-order chi connectivity index (χ1) is 10.1. The van der Waals surface area contributed by atoms with E-state index in [4.69, 9.17) is 4.99 Å². The van der Waals surface area contributed by atoms with Crippen molar-refractivity contribution in [2.75, 3.05) is 5.75 Å². The van der Waals surface area contributed by atoms with Crippen LogP contribution in [0.3, 0.4) is 0 Å². The highest BCUT2D eigenvalue weighted by molar-refractivity contribution is 9.10. The van der Waals surface area contributed by atoms with Crippen LogP contribution in [0, 0.1) is 5.92 Å². The highest BCUT2D eigenvalue weighted by atomic mass is 79.9. The Hall–Kier alpha value is -0.480. The lowest BCUT2D eigenvalue weighted by Gasteiger charge is -2.36. The Morgan fingerprint density at radius 2 is 2.33 bits per heavy atom. The summed E-state index contributed by atoms with van der Waals surface area (Å²) < 4.78 is 1.12. The fourth-order valence-electron chi connectivity index (χ4n) is 3.50. The number of nitrogens with one attached hydrogen (secondary N) is 1. The van der Waals surface area contributed by atoms with Crippen LogP contribution >= 0.6 is 27.7 Å². The van der Waals surface area contributed by atoms with E-state index < -0.39 is 0 Å². The number of hydrogen-bond acceptors (Lipinski definition) is 2. The number of benzene rings is 1. The summed E-state index contributed by atoms with van der Waals surface area (Å²) in [6.07, 6.45) is 5.33. The second-order valence-electron chi connectivity index (χ2n) is 6.56. The minimum absolute atomic E-state index is 0.202. The van der Waals surface area contributed by atoms with Gasteiger partial charge in [-0.3, -0.25) is 4.99 Å². The maximum Gasteiger partial charge on any atom is 0.157 e. The Morgan fingerprint density at radius 3 is 3.10 bits per heavy atom. The Bertz CT molecular complexity index is 545. The van der Waals surface area contributed by atoms with Gasteiger partial charge < -0.3 is 5.32 Å². The molecule has 1 saturated carbocycles. The van der Waals surface area contributed by atoms with Gasteiger partial charge in [0.1, 0.15) is 0 Å². The number of thioether (sulfide) groups is 1. The molecule has 3 atom stereocenters. The maximum atomic E-state index is 4.91. The van der Waals surface area contributed by atoms with Gasteiger partial charge in [0.25, 0.3) is 0 Å². The minimum atomic E-state index is 0.202. The first-order valence-corrected chi connectivity index (χ1v) is 9.58. The standard InChI is InChI=1S/C17H23BrN2S/c1-12-5-4-8-17(10-12)11-21-16(20-17)19-13(2)14-6-3-7-15(18)9-14/h3,6-7,9,12-13H,4-5,8,10-11H2,1-2H3,(H,19,20). The monoisotopic (exact) mass is 366 g/mol. The van der Waals surface area contributed by atoms with Gasteiger partial charge in [-0.25, -0.2) is 0 Å². The number of nitrogens with zero attached hydrogens (tertiary/aromatic N) is 1. The van der Waals surface area contributed by atoms with Crippen molar-refractivity contribution in [3.8, 4) is 0 Å². The van der Waals surface area contributed by atoms with Crippen molar-refractivity contribution < 1.29 is 0 Å². The van der Waals surface area contributed by atoms with Crippen LogP contribution in [0.5, 0.6) is 0 Å². The van der Waals surface area contributed by atoms with Gasteiger partial charge in [-0.05, 0) is 43.4 Å². The van der Waals surface area contributed by atoms with Crippen LogP contribution in [0.2, 0.25) is 0 Å². The van der Waals surface area contributed by atoms with Gasteiger partial charge >= 0.3 is 0 Å². The van der Waals surface area contributed by atoms with Gasteiger partial charge in [0.05, 0.1) is 6.04 Å². The predicted octanol–water partition coefficient (Wildman–Crippen LogP) is 5.15. The molecule has 3 rings (SSSR count). The molecule has 1 aromatic carbocycles. The summed E-state index contributed by atoms with van der Waals surface area (Å²) >= 11 is 5.44. The molecule has 2 nitrogen and oxygen atoms in total. The van der Waals surface area contributed by atoms with Crippen LogP contribution < -0.4 is 5.32 Å². The van der Waals surface area contributed by atoms with Gasteiger partial charge in [-0.2, -0.15) is 0 Å². The number of halogens is 1. The molecule has 0 amide bonds. The Morgan fingerprint density at radius 1 is 1.48 bits per heavy atom. The SMILES string of the molecule is CC1CCCC2(CSC(=NC(C)c3cccc(Br)c3)N2)C1. The number of amidine groups is 1. The third kappa shape index (κ3) is 3.65. The number of hydrogen-bond donors (Lipinski definition) is 1. The third-order valence-electron chi connectivity index (χ3n) is 4.59. The minimum Gasteiger partial charge on any atom is -0.359 e. The second kappa shape index (κ2) is 6.33. The van der Waals surface area contributed by atoms with Gasteiger partial charge in [0.15, 0.2) is 5.17 Å². The van der Waals surface area contributed by atoms with Crippen LogP contribution in [0.1, 0.15) is 51.1 Å². The van der Waals surface area contributed by atoms with Gasteiger partial charge in [0.2, 0.25) is 0 Å². The maximum absolute atomic E-state index is 4.91. The van der Waals surface area contributed by atoms with Crippen molar-refractivity contribution in [3.05, 3.63) is 34.3 Å². The number of rotatable bonds is 2. The second-order valence-corrected chi connectivity index (χ2v) is 8.44. The molecule has 4 heteroatoms. The molecule has 1 N–H and O–H groups in total. The topological polar surface area (TPSA) is 24.4 Å². The molecule has 21 heavy (non-hydrogen) atoms. The first kappa shape index (κ1) is 15.4. The lowest BCUT2D eigenvalue weighted by atomic mass is 9.78. The van der Waals surface area contributed by atoms with Gasteiger partial charge in [-0.1, -0.05) is 59.6 Å². The third-order valence-corrected chi connectivity index (χ3v) is 6.26. The highest BCUT2D eigenvalue weighted by Crippen LogP contribution is 2.39. The molecule has 3 unspecified atom stereocenters. The van der Waals surface area contributed by atoms with Crippen molar-refractivity contribution in [1.82, 2.24) is 5.32 Å². The average Bonchev–Trinajstić information content (AvgIpc) is 2.81. The fraction of sp³-hybridized carbons (Fsp3) is 0.588. The largest absolute Gasteiger partial charge is 0.359 e. The van der Waals surface area contributed by atoms with Crippen LogP contribution in [0.15, 0.2) is 33.7 Å². The van der Waals surface area contributed by atoms with E-state index >= 15 is 0 Å². The molecule has 1 aromatic rings. The van der Waals surface area contributed by atoms with Crippen molar-refractivity contribution in [2.24, 2.45) is 10.9 Å². The van der Waals surface area contributed by atoms with Gasteiger partial charge in [0, 0.05) is 15.8 Å². The van der Waals surface area contributed by atoms with E-state index in [1.807, 2.05) is 11.8 Å². The van der Waals surface area contributed by atoms with Crippen LogP contribution in [-0.4, -0.2) is 16.5 Å². The van der Waals surface area contributed by atoms with Crippen LogP contribution in [0.4, 0.5) is 0 Å². The normalized spacial score (nSPS) is 32.3. The van der Waals surface area contributed by atoms with E-state index in [9.17, 15) is 0 Å². The molecular formula is C17H23BrN2S. The predicted molar refractivity (Wildman–Crippen MR) is 95.9 cm³/mol. The molecule has 0 aromatic heterocycles. The zero-order valence-electron chi connectivity index (χ0n) is 12.7. The van der Waals surface area contributed by atoms with E-state index in [0.717, 1.165) is 15.6 Å². The smallest absolute Gasteiger partial charge is 0.157 e. The molecule has 2 aliphatic rings.